The first-order valence-electron chi connectivity index (χ1n) is 6.57. The Bertz CT molecular complexity index is 182. The molecule has 0 nitrogen and oxygen atoms in total. The van der Waals surface area contributed by atoms with Gasteiger partial charge in [0.2, 0.25) is 0 Å². The molecule has 0 bridgehead atoms. The van der Waals surface area contributed by atoms with E-state index in [9.17, 15) is 0 Å². The summed E-state index contributed by atoms with van der Waals surface area (Å²) in [5.41, 5.74) is 0. The van der Waals surface area contributed by atoms with Crippen molar-refractivity contribution in [2.24, 2.45) is 0 Å². The van der Waals surface area contributed by atoms with Crippen LogP contribution in [-0.2, 0) is 0 Å². The third-order valence-electron chi connectivity index (χ3n) is 1.16. The zero-order valence-electron chi connectivity index (χ0n) is 12.5. The molecule has 0 saturated heterocycles. The summed E-state index contributed by atoms with van der Waals surface area (Å²) in [4.78, 5) is 0. The molecule has 0 radical (unpaired) electrons. The van der Waals surface area contributed by atoms with Gasteiger partial charge in [-0.3, -0.25) is 0 Å². The van der Waals surface area contributed by atoms with Crippen LogP contribution in [0.5, 0.6) is 0 Å². The van der Waals surface area contributed by atoms with Crippen LogP contribution in [0.4, 0.5) is 0 Å². The van der Waals surface area contributed by atoms with E-state index in [4.69, 9.17) is 0 Å². The van der Waals surface area contributed by atoms with E-state index in [0.29, 0.717) is 0 Å². The summed E-state index contributed by atoms with van der Waals surface area (Å²) < 4.78 is 0. The molecule has 0 amide bonds. The van der Waals surface area contributed by atoms with Gasteiger partial charge in [-0.05, 0) is 13.8 Å². The summed E-state index contributed by atoms with van der Waals surface area (Å²) in [6.45, 7) is 12.2. The maximum absolute atomic E-state index is 2.12. The van der Waals surface area contributed by atoms with E-state index in [1.54, 1.807) is 0 Å². The SMILES string of the molecule is C/C=C\C=C/C.CC.CCC.c1ccccc1. The van der Waals surface area contributed by atoms with Crippen molar-refractivity contribution >= 4 is 0 Å². The lowest BCUT2D eigenvalue weighted by molar-refractivity contribution is 1.09. The third kappa shape index (κ3) is 40.0. The van der Waals surface area contributed by atoms with Gasteiger partial charge in [-0.1, -0.05) is 94.8 Å². The molecule has 0 aliphatic carbocycles. The van der Waals surface area contributed by atoms with Crippen LogP contribution in [0.15, 0.2) is 60.7 Å². The van der Waals surface area contributed by atoms with Crippen LogP contribution in [0.3, 0.4) is 0 Å². The quantitative estimate of drug-likeness (QED) is 0.502. The summed E-state index contributed by atoms with van der Waals surface area (Å²) in [6, 6.07) is 12.0. The number of rotatable bonds is 1. The van der Waals surface area contributed by atoms with E-state index in [2.05, 4.69) is 13.8 Å². The lowest BCUT2D eigenvalue weighted by Crippen LogP contribution is -1.47. The normalized spacial score (nSPS) is 8.35. The van der Waals surface area contributed by atoms with E-state index in [1.165, 1.54) is 6.42 Å². The molecule has 0 N–H and O–H groups in total. The molecule has 0 heterocycles. The molecule has 0 atom stereocenters. The molecular formula is C17H30. The lowest BCUT2D eigenvalue weighted by Gasteiger charge is -1.69. The smallest absolute Gasteiger partial charge is 0.0467 e. The van der Waals surface area contributed by atoms with Crippen LogP contribution in [0.1, 0.15) is 48.0 Å². The highest BCUT2D eigenvalue weighted by atomic mass is 13.6. The second-order valence-electron chi connectivity index (χ2n) is 2.91. The van der Waals surface area contributed by atoms with Crippen molar-refractivity contribution in [2.45, 2.75) is 48.0 Å². The van der Waals surface area contributed by atoms with Crippen LogP contribution in [-0.4, -0.2) is 0 Å². The Morgan fingerprint density at radius 3 is 0.941 bits per heavy atom. The topological polar surface area (TPSA) is 0 Å². The van der Waals surface area contributed by atoms with Gasteiger partial charge in [0.1, 0.15) is 0 Å². The van der Waals surface area contributed by atoms with E-state index in [0.717, 1.165) is 0 Å². The van der Waals surface area contributed by atoms with Gasteiger partial charge in [0.25, 0.3) is 0 Å². The molecule has 98 valence electrons. The summed E-state index contributed by atoms with van der Waals surface area (Å²) in [6.07, 6.45) is 9.25. The van der Waals surface area contributed by atoms with Crippen LogP contribution in [0, 0.1) is 0 Å². The van der Waals surface area contributed by atoms with Crippen LogP contribution >= 0.6 is 0 Å². The van der Waals surface area contributed by atoms with Gasteiger partial charge in [-0.25, -0.2) is 0 Å². The minimum atomic E-state index is 1.25. The fourth-order valence-corrected chi connectivity index (χ4v) is 0.607. The molecule has 0 aliphatic heterocycles. The van der Waals surface area contributed by atoms with Crippen molar-refractivity contribution in [2.75, 3.05) is 0 Å². The van der Waals surface area contributed by atoms with Crippen molar-refractivity contribution in [1.29, 1.82) is 0 Å². The molecule has 1 aromatic rings. The summed E-state index contributed by atoms with van der Waals surface area (Å²) in [7, 11) is 0. The first-order chi connectivity index (χ1) is 8.33. The molecule has 0 fully saturated rings. The van der Waals surface area contributed by atoms with Gasteiger partial charge >= 0.3 is 0 Å². The first-order valence-corrected chi connectivity index (χ1v) is 6.57. The molecule has 0 unspecified atom stereocenters. The van der Waals surface area contributed by atoms with E-state index in [1.807, 2.05) is 88.4 Å². The Balaban J connectivity index is -0.000000169. The van der Waals surface area contributed by atoms with Gasteiger partial charge in [0.05, 0.1) is 0 Å². The molecule has 1 aromatic carbocycles. The van der Waals surface area contributed by atoms with Crippen molar-refractivity contribution in [3.05, 3.63) is 60.7 Å². The van der Waals surface area contributed by atoms with Gasteiger partial charge < -0.3 is 0 Å². The highest BCUT2D eigenvalue weighted by molar-refractivity contribution is 4.99. The van der Waals surface area contributed by atoms with Gasteiger partial charge in [0, 0.05) is 0 Å². The lowest BCUT2D eigenvalue weighted by atomic mass is 10.4. The van der Waals surface area contributed by atoms with Crippen molar-refractivity contribution < 1.29 is 0 Å². The van der Waals surface area contributed by atoms with Crippen LogP contribution in [0.25, 0.3) is 0 Å². The Morgan fingerprint density at radius 1 is 0.647 bits per heavy atom. The predicted molar refractivity (Wildman–Crippen MR) is 83.4 cm³/mol. The van der Waals surface area contributed by atoms with Crippen LogP contribution in [0.2, 0.25) is 0 Å². The predicted octanol–water partition coefficient (Wildman–Crippen LogP) is 6.27. The van der Waals surface area contributed by atoms with Gasteiger partial charge in [-0.2, -0.15) is 0 Å². The number of hydrogen-bond acceptors (Lipinski definition) is 0. The Kier molecular flexibility index (Phi) is 36.3. The Labute approximate surface area is 109 Å². The van der Waals surface area contributed by atoms with E-state index < -0.39 is 0 Å². The molecule has 0 saturated carbocycles. The van der Waals surface area contributed by atoms with Crippen molar-refractivity contribution in [3.8, 4) is 0 Å². The second kappa shape index (κ2) is 29.3. The standard InChI is InChI=1S/C6H6.C6H10.C3H8.C2H6/c1-2-4-6-5-3-1;1-3-5-6-4-2;1-3-2;1-2/h1-6H;3-6H,1-2H3;3H2,1-2H3;1-2H3/b;5-3-,6-4-;;. The Morgan fingerprint density at radius 2 is 0.824 bits per heavy atom. The van der Waals surface area contributed by atoms with Crippen molar-refractivity contribution in [1.82, 2.24) is 0 Å². The minimum Gasteiger partial charge on any atom is -0.0877 e. The summed E-state index contributed by atoms with van der Waals surface area (Å²) in [5, 5.41) is 0. The van der Waals surface area contributed by atoms with Crippen LogP contribution < -0.4 is 0 Å². The maximum atomic E-state index is 2.12. The summed E-state index contributed by atoms with van der Waals surface area (Å²) in [5.74, 6) is 0. The Hall–Kier alpha value is -1.30. The highest BCUT2D eigenvalue weighted by Crippen LogP contribution is 1.79. The molecule has 17 heavy (non-hydrogen) atoms. The second-order valence-corrected chi connectivity index (χ2v) is 2.91. The maximum Gasteiger partial charge on any atom is -0.0467 e. The van der Waals surface area contributed by atoms with Gasteiger partial charge in [0.15, 0.2) is 0 Å². The molecule has 0 aliphatic rings. The highest BCUT2D eigenvalue weighted by Gasteiger charge is 1.57. The number of hydrogen-bond donors (Lipinski definition) is 0. The average molecular weight is 234 g/mol. The molecular weight excluding hydrogens is 204 g/mol. The van der Waals surface area contributed by atoms with E-state index >= 15 is 0 Å². The van der Waals surface area contributed by atoms with Crippen molar-refractivity contribution in [3.63, 3.8) is 0 Å². The zero-order chi connectivity index (χ0) is 13.8. The fraction of sp³-hybridized carbons (Fsp3) is 0.412. The fourth-order valence-electron chi connectivity index (χ4n) is 0.607. The third-order valence-corrected chi connectivity index (χ3v) is 1.16. The average Bonchev–Trinajstić information content (AvgIpc) is 2.42. The number of benzene rings is 1. The van der Waals surface area contributed by atoms with E-state index in [-0.39, 0.29) is 0 Å². The first kappa shape index (κ1) is 21.0. The molecule has 0 heteroatoms. The molecule has 0 aromatic heterocycles. The molecule has 0 spiro atoms. The van der Waals surface area contributed by atoms with Gasteiger partial charge in [-0.15, -0.1) is 0 Å². The summed E-state index contributed by atoms with van der Waals surface area (Å²) >= 11 is 0. The minimum absolute atomic E-state index is 1.25. The number of allylic oxidation sites excluding steroid dienone is 4. The largest absolute Gasteiger partial charge is 0.0877 e. The monoisotopic (exact) mass is 234 g/mol. The molecule has 1 rings (SSSR count). The zero-order valence-corrected chi connectivity index (χ0v) is 12.5.